The van der Waals surface area contributed by atoms with Gasteiger partial charge in [0, 0.05) is 14.2 Å². The second-order valence-corrected chi connectivity index (χ2v) is 11.2. The van der Waals surface area contributed by atoms with Crippen molar-refractivity contribution in [3.05, 3.63) is 0 Å². The molecule has 0 heterocycles. The minimum Gasteiger partial charge on any atom is -0.398 e. The van der Waals surface area contributed by atoms with Crippen molar-refractivity contribution in [1.29, 1.82) is 0 Å². The molecule has 0 amide bonds. The van der Waals surface area contributed by atoms with Crippen LogP contribution in [-0.4, -0.2) is 22.8 Å². The van der Waals surface area contributed by atoms with E-state index in [0.29, 0.717) is 0 Å². The van der Waals surface area contributed by atoms with Crippen LogP contribution in [0.2, 0.25) is 12.1 Å². The fourth-order valence-corrected chi connectivity index (χ4v) is 8.50. The van der Waals surface area contributed by atoms with Crippen molar-refractivity contribution < 1.29 is 8.85 Å². The first-order chi connectivity index (χ1) is 10.1. The molecule has 2 aliphatic rings. The van der Waals surface area contributed by atoms with E-state index < -0.39 is 8.56 Å². The highest BCUT2D eigenvalue weighted by Crippen LogP contribution is 2.40. The van der Waals surface area contributed by atoms with E-state index in [1.54, 1.807) is 0 Å². The Morgan fingerprint density at radius 1 is 0.762 bits per heavy atom. The van der Waals surface area contributed by atoms with Crippen LogP contribution >= 0.6 is 0 Å². The average Bonchev–Trinajstić information content (AvgIpc) is 3.18. The molecule has 2 aliphatic carbocycles. The molecular formula is C18H36O2Si. The Balaban J connectivity index is 1.93. The second kappa shape index (κ2) is 8.12. The normalized spacial score (nSPS) is 24.6. The Kier molecular flexibility index (Phi) is 6.76. The van der Waals surface area contributed by atoms with Gasteiger partial charge >= 0.3 is 8.56 Å². The van der Waals surface area contributed by atoms with Gasteiger partial charge in [-0.05, 0) is 35.8 Å². The summed E-state index contributed by atoms with van der Waals surface area (Å²) < 4.78 is 12.1. The minimum absolute atomic E-state index is 0.773. The summed E-state index contributed by atoms with van der Waals surface area (Å²) in [6, 6.07) is 2.39. The lowest BCUT2D eigenvalue weighted by Crippen LogP contribution is -2.44. The predicted molar refractivity (Wildman–Crippen MR) is 91.6 cm³/mol. The number of rotatable bonds is 8. The lowest BCUT2D eigenvalue weighted by atomic mass is 9.94. The van der Waals surface area contributed by atoms with Gasteiger partial charge in [0.05, 0.1) is 0 Å². The fourth-order valence-electron chi connectivity index (χ4n) is 4.87. The molecule has 2 rings (SSSR count). The predicted octanol–water partition coefficient (Wildman–Crippen LogP) is 5.37. The number of hydrogen-bond donors (Lipinski definition) is 0. The van der Waals surface area contributed by atoms with E-state index in [1.165, 1.54) is 63.5 Å². The summed E-state index contributed by atoms with van der Waals surface area (Å²) in [6.45, 7) is 4.88. The minimum atomic E-state index is -2.00. The van der Waals surface area contributed by atoms with Crippen molar-refractivity contribution in [3.8, 4) is 0 Å². The third-order valence-corrected chi connectivity index (χ3v) is 10.4. The van der Waals surface area contributed by atoms with Crippen molar-refractivity contribution in [1.82, 2.24) is 0 Å². The smallest absolute Gasteiger partial charge is 0.338 e. The molecule has 0 bridgehead atoms. The lowest BCUT2D eigenvalue weighted by molar-refractivity contribution is 0.212. The summed E-state index contributed by atoms with van der Waals surface area (Å²) in [7, 11) is 1.80. The number of hydrogen-bond acceptors (Lipinski definition) is 2. The molecule has 0 aliphatic heterocycles. The summed E-state index contributed by atoms with van der Waals surface area (Å²) in [5.74, 6) is 3.39. The fraction of sp³-hybridized carbons (Fsp3) is 1.00. The maximum atomic E-state index is 6.06. The molecule has 2 fully saturated rings. The topological polar surface area (TPSA) is 18.5 Å². The third kappa shape index (κ3) is 4.55. The van der Waals surface area contributed by atoms with Gasteiger partial charge in [-0.2, -0.15) is 0 Å². The third-order valence-electron chi connectivity index (χ3n) is 6.42. The molecule has 0 aromatic carbocycles. The van der Waals surface area contributed by atoms with Gasteiger partial charge in [0.1, 0.15) is 0 Å². The van der Waals surface area contributed by atoms with E-state index in [4.69, 9.17) is 8.85 Å². The standard InChI is InChI=1S/C18H36O2Si/c1-15(17-9-5-6-10-17)13-21(19-3,20-4)14-16(2)18-11-7-8-12-18/h15-18H,5-14H2,1-4H3. The Hall–Kier alpha value is 0.137. The van der Waals surface area contributed by atoms with E-state index in [2.05, 4.69) is 13.8 Å². The van der Waals surface area contributed by atoms with Gasteiger partial charge in [-0.25, -0.2) is 0 Å². The first kappa shape index (κ1) is 17.5. The Morgan fingerprint density at radius 2 is 1.10 bits per heavy atom. The van der Waals surface area contributed by atoms with E-state index in [-0.39, 0.29) is 0 Å². The Morgan fingerprint density at radius 3 is 1.38 bits per heavy atom. The van der Waals surface area contributed by atoms with Crippen LogP contribution < -0.4 is 0 Å². The summed E-state index contributed by atoms with van der Waals surface area (Å²) >= 11 is 0. The second-order valence-electron chi connectivity index (χ2n) is 7.77. The zero-order chi connectivity index (χ0) is 15.3. The molecule has 0 radical (unpaired) electrons. The van der Waals surface area contributed by atoms with Crippen LogP contribution in [0.1, 0.15) is 65.2 Å². The largest absolute Gasteiger partial charge is 0.398 e. The Bertz CT molecular complexity index is 266. The van der Waals surface area contributed by atoms with Gasteiger partial charge in [0.15, 0.2) is 0 Å². The molecule has 2 atom stereocenters. The van der Waals surface area contributed by atoms with E-state index in [1.807, 2.05) is 14.2 Å². The lowest BCUT2D eigenvalue weighted by Gasteiger charge is -2.35. The van der Waals surface area contributed by atoms with Crippen LogP contribution in [-0.2, 0) is 8.85 Å². The molecule has 0 aromatic heterocycles. The van der Waals surface area contributed by atoms with Crippen molar-refractivity contribution in [2.45, 2.75) is 77.3 Å². The van der Waals surface area contributed by atoms with Crippen LogP contribution in [0.3, 0.4) is 0 Å². The monoisotopic (exact) mass is 312 g/mol. The highest BCUT2D eigenvalue weighted by molar-refractivity contribution is 6.67. The zero-order valence-electron chi connectivity index (χ0n) is 14.7. The molecule has 0 saturated heterocycles. The van der Waals surface area contributed by atoms with Crippen molar-refractivity contribution >= 4 is 8.56 Å². The van der Waals surface area contributed by atoms with Crippen molar-refractivity contribution in [2.24, 2.45) is 23.7 Å². The van der Waals surface area contributed by atoms with E-state index in [9.17, 15) is 0 Å². The van der Waals surface area contributed by atoms with Crippen LogP contribution in [0, 0.1) is 23.7 Å². The van der Waals surface area contributed by atoms with Gasteiger partial charge in [-0.3, -0.25) is 0 Å². The highest BCUT2D eigenvalue weighted by Gasteiger charge is 2.42. The summed E-state index contributed by atoms with van der Waals surface area (Å²) in [4.78, 5) is 0. The summed E-state index contributed by atoms with van der Waals surface area (Å²) in [5, 5.41) is 0. The maximum Gasteiger partial charge on any atom is 0.338 e. The van der Waals surface area contributed by atoms with Crippen molar-refractivity contribution in [3.63, 3.8) is 0 Å². The van der Waals surface area contributed by atoms with Gasteiger partial charge in [0.25, 0.3) is 0 Å². The van der Waals surface area contributed by atoms with E-state index in [0.717, 1.165) is 23.7 Å². The molecule has 2 unspecified atom stereocenters. The molecule has 0 N–H and O–H groups in total. The molecule has 0 spiro atoms. The van der Waals surface area contributed by atoms with Gasteiger partial charge in [-0.15, -0.1) is 0 Å². The van der Waals surface area contributed by atoms with Crippen LogP contribution in [0.15, 0.2) is 0 Å². The van der Waals surface area contributed by atoms with Gasteiger partial charge < -0.3 is 8.85 Å². The first-order valence-corrected chi connectivity index (χ1v) is 11.4. The van der Waals surface area contributed by atoms with Crippen LogP contribution in [0.5, 0.6) is 0 Å². The molecule has 124 valence electrons. The molecular weight excluding hydrogens is 276 g/mol. The van der Waals surface area contributed by atoms with Gasteiger partial charge in [0.2, 0.25) is 0 Å². The zero-order valence-corrected chi connectivity index (χ0v) is 15.7. The first-order valence-electron chi connectivity index (χ1n) is 9.20. The molecule has 0 aromatic rings. The summed E-state index contributed by atoms with van der Waals surface area (Å²) in [5.41, 5.74) is 0. The Labute approximate surface area is 133 Å². The summed E-state index contributed by atoms with van der Waals surface area (Å²) in [6.07, 6.45) is 11.4. The molecule has 2 saturated carbocycles. The van der Waals surface area contributed by atoms with Crippen LogP contribution in [0.4, 0.5) is 0 Å². The maximum absolute atomic E-state index is 6.06. The molecule has 21 heavy (non-hydrogen) atoms. The van der Waals surface area contributed by atoms with E-state index >= 15 is 0 Å². The molecule has 2 nitrogen and oxygen atoms in total. The van der Waals surface area contributed by atoms with Gasteiger partial charge in [-0.1, -0.05) is 65.2 Å². The molecule has 3 heteroatoms. The quantitative estimate of drug-likeness (QED) is 0.561. The van der Waals surface area contributed by atoms with Crippen LogP contribution in [0.25, 0.3) is 0 Å². The highest BCUT2D eigenvalue weighted by atomic mass is 28.4. The van der Waals surface area contributed by atoms with Crippen molar-refractivity contribution in [2.75, 3.05) is 14.2 Å². The SMILES string of the molecule is CO[Si](CC(C)C1CCCC1)(CC(C)C1CCCC1)OC. The average molecular weight is 313 g/mol.